The lowest BCUT2D eigenvalue weighted by Crippen LogP contribution is -2.54. The van der Waals surface area contributed by atoms with Crippen LogP contribution in [-0.2, 0) is 9.59 Å². The average molecular weight is 444 g/mol. The Bertz CT molecular complexity index is 915. The molecule has 4 rings (SSSR count). The number of carbonyl (C=O) groups is 3. The quantitative estimate of drug-likeness (QED) is 0.427. The van der Waals surface area contributed by atoms with Crippen LogP contribution < -0.4 is 10.2 Å². The van der Waals surface area contributed by atoms with Crippen molar-refractivity contribution in [1.82, 2.24) is 15.1 Å². The maximum Gasteiger partial charge on any atom is 0.312 e. The maximum atomic E-state index is 13.4. The van der Waals surface area contributed by atoms with E-state index in [9.17, 15) is 24.5 Å². The van der Waals surface area contributed by atoms with Gasteiger partial charge in [0.25, 0.3) is 11.6 Å². The van der Waals surface area contributed by atoms with Gasteiger partial charge in [0.2, 0.25) is 0 Å². The summed E-state index contributed by atoms with van der Waals surface area (Å²) in [7, 11) is 0. The molecule has 0 aromatic heterocycles. The molecule has 3 amide bonds. The standard InChI is InChI=1S/C22H29N5O5/c1-15-6-8-24(9-7-15)19-5-4-17(27(31)32)14-18(19)21(29)25-10-12-26(13-11-25)22(30)20(28)23-16-2-3-16/h4-5,14-16H,2-3,6-13H2,1H3,(H,23,28). The van der Waals surface area contributed by atoms with Crippen molar-refractivity contribution in [3.8, 4) is 0 Å². The Balaban J connectivity index is 1.46. The van der Waals surface area contributed by atoms with Gasteiger partial charge in [0.1, 0.15) is 0 Å². The first-order valence-corrected chi connectivity index (χ1v) is 11.3. The number of carbonyl (C=O) groups excluding carboxylic acids is 3. The summed E-state index contributed by atoms with van der Waals surface area (Å²) in [6, 6.07) is 4.58. The molecule has 2 saturated heterocycles. The normalized spacial score (nSPS) is 19.6. The van der Waals surface area contributed by atoms with Gasteiger partial charge in [-0.25, -0.2) is 0 Å². The number of nitrogens with zero attached hydrogens (tertiary/aromatic N) is 4. The predicted octanol–water partition coefficient (Wildman–Crippen LogP) is 1.39. The summed E-state index contributed by atoms with van der Waals surface area (Å²) < 4.78 is 0. The number of hydrogen-bond acceptors (Lipinski definition) is 6. The largest absolute Gasteiger partial charge is 0.371 e. The summed E-state index contributed by atoms with van der Waals surface area (Å²) in [5.41, 5.74) is 0.919. The number of hydrogen-bond donors (Lipinski definition) is 1. The number of benzene rings is 1. The number of nitrogens with one attached hydrogen (secondary N) is 1. The highest BCUT2D eigenvalue weighted by Gasteiger charge is 2.33. The summed E-state index contributed by atoms with van der Waals surface area (Å²) in [6.45, 7) is 4.88. The third-order valence-corrected chi connectivity index (χ3v) is 6.51. The van der Waals surface area contributed by atoms with Gasteiger partial charge >= 0.3 is 11.8 Å². The second-order valence-electron chi connectivity index (χ2n) is 8.96. The first-order chi connectivity index (χ1) is 15.3. The highest BCUT2D eigenvalue weighted by molar-refractivity contribution is 6.35. The van der Waals surface area contributed by atoms with Crippen molar-refractivity contribution >= 4 is 29.1 Å². The average Bonchev–Trinajstić information content (AvgIpc) is 3.62. The van der Waals surface area contributed by atoms with E-state index in [0.717, 1.165) is 44.5 Å². The first-order valence-electron chi connectivity index (χ1n) is 11.3. The molecular formula is C22H29N5O5. The van der Waals surface area contributed by atoms with E-state index in [2.05, 4.69) is 17.1 Å². The van der Waals surface area contributed by atoms with Gasteiger partial charge in [-0.05, 0) is 37.7 Å². The molecule has 0 spiro atoms. The van der Waals surface area contributed by atoms with Crippen LogP contribution in [0.3, 0.4) is 0 Å². The number of anilines is 1. The van der Waals surface area contributed by atoms with E-state index in [-0.39, 0.29) is 43.8 Å². The van der Waals surface area contributed by atoms with E-state index in [1.54, 1.807) is 11.0 Å². The van der Waals surface area contributed by atoms with Crippen LogP contribution in [0.4, 0.5) is 11.4 Å². The summed E-state index contributed by atoms with van der Waals surface area (Å²) in [5, 5.41) is 14.0. The minimum absolute atomic E-state index is 0.111. The Kier molecular flexibility index (Phi) is 6.29. The van der Waals surface area contributed by atoms with E-state index < -0.39 is 16.7 Å². The lowest BCUT2D eigenvalue weighted by Gasteiger charge is -2.36. The second kappa shape index (κ2) is 9.13. The number of piperazine rings is 1. The monoisotopic (exact) mass is 443 g/mol. The zero-order valence-electron chi connectivity index (χ0n) is 18.3. The molecule has 1 saturated carbocycles. The van der Waals surface area contributed by atoms with Crippen molar-refractivity contribution in [2.75, 3.05) is 44.2 Å². The highest BCUT2D eigenvalue weighted by atomic mass is 16.6. The Hall–Kier alpha value is -3.17. The van der Waals surface area contributed by atoms with Crippen molar-refractivity contribution < 1.29 is 19.3 Å². The summed E-state index contributed by atoms with van der Waals surface area (Å²) in [5.74, 6) is -0.821. The molecule has 1 aliphatic carbocycles. The van der Waals surface area contributed by atoms with Gasteiger partial charge in [-0.3, -0.25) is 24.5 Å². The maximum absolute atomic E-state index is 13.4. The Morgan fingerprint density at radius 3 is 2.19 bits per heavy atom. The Morgan fingerprint density at radius 1 is 0.969 bits per heavy atom. The second-order valence-corrected chi connectivity index (χ2v) is 8.96. The molecule has 0 atom stereocenters. The molecule has 0 unspecified atom stereocenters. The van der Waals surface area contributed by atoms with Crippen LogP contribution in [0.25, 0.3) is 0 Å². The molecule has 0 radical (unpaired) electrons. The molecule has 2 aliphatic heterocycles. The molecule has 172 valence electrons. The van der Waals surface area contributed by atoms with Crippen LogP contribution >= 0.6 is 0 Å². The van der Waals surface area contributed by atoms with Gasteiger partial charge in [-0.15, -0.1) is 0 Å². The molecule has 3 aliphatic rings. The van der Waals surface area contributed by atoms with E-state index >= 15 is 0 Å². The minimum atomic E-state index is -0.590. The van der Waals surface area contributed by atoms with E-state index in [4.69, 9.17) is 0 Å². The smallest absolute Gasteiger partial charge is 0.312 e. The Labute approximate surface area is 186 Å². The van der Waals surface area contributed by atoms with Crippen LogP contribution in [0.2, 0.25) is 0 Å². The van der Waals surface area contributed by atoms with Crippen LogP contribution in [0.5, 0.6) is 0 Å². The molecule has 10 heteroatoms. The minimum Gasteiger partial charge on any atom is -0.371 e. The third-order valence-electron chi connectivity index (χ3n) is 6.51. The molecular weight excluding hydrogens is 414 g/mol. The zero-order valence-corrected chi connectivity index (χ0v) is 18.3. The number of nitro benzene ring substituents is 1. The lowest BCUT2D eigenvalue weighted by atomic mass is 9.97. The zero-order chi connectivity index (χ0) is 22.8. The molecule has 32 heavy (non-hydrogen) atoms. The number of amides is 3. The topological polar surface area (TPSA) is 116 Å². The van der Waals surface area contributed by atoms with Gasteiger partial charge in [-0.2, -0.15) is 0 Å². The molecule has 2 heterocycles. The van der Waals surface area contributed by atoms with Gasteiger partial charge in [0.05, 0.1) is 16.2 Å². The fraction of sp³-hybridized carbons (Fsp3) is 0.591. The van der Waals surface area contributed by atoms with Crippen molar-refractivity contribution in [1.29, 1.82) is 0 Å². The number of non-ortho nitro benzene ring substituents is 1. The van der Waals surface area contributed by atoms with Crippen molar-refractivity contribution in [3.05, 3.63) is 33.9 Å². The van der Waals surface area contributed by atoms with Gasteiger partial charge in [-0.1, -0.05) is 6.92 Å². The first kappa shape index (κ1) is 22.0. The van der Waals surface area contributed by atoms with Crippen LogP contribution in [0, 0.1) is 16.0 Å². The summed E-state index contributed by atoms with van der Waals surface area (Å²) in [4.78, 5) is 53.8. The van der Waals surface area contributed by atoms with Gasteiger partial charge < -0.3 is 20.0 Å². The molecule has 1 aromatic carbocycles. The fourth-order valence-electron chi connectivity index (χ4n) is 4.24. The molecule has 3 fully saturated rings. The lowest BCUT2D eigenvalue weighted by molar-refractivity contribution is -0.384. The van der Waals surface area contributed by atoms with E-state index in [1.807, 2.05) is 0 Å². The summed E-state index contributed by atoms with van der Waals surface area (Å²) >= 11 is 0. The Morgan fingerprint density at radius 2 is 1.59 bits per heavy atom. The SMILES string of the molecule is CC1CCN(c2ccc([N+](=O)[O-])cc2C(=O)N2CCN(C(=O)C(=O)NC3CC3)CC2)CC1. The van der Waals surface area contributed by atoms with Crippen molar-refractivity contribution in [2.24, 2.45) is 5.92 Å². The fourth-order valence-corrected chi connectivity index (χ4v) is 4.24. The van der Waals surface area contributed by atoms with E-state index in [1.165, 1.54) is 17.0 Å². The number of nitro groups is 1. The summed E-state index contributed by atoms with van der Waals surface area (Å²) in [6.07, 6.45) is 3.83. The van der Waals surface area contributed by atoms with Crippen LogP contribution in [-0.4, -0.2) is 77.8 Å². The molecule has 10 nitrogen and oxygen atoms in total. The van der Waals surface area contributed by atoms with Gasteiger partial charge in [0, 0.05) is 57.4 Å². The van der Waals surface area contributed by atoms with E-state index in [0.29, 0.717) is 11.5 Å². The number of piperidine rings is 1. The molecule has 1 N–H and O–H groups in total. The van der Waals surface area contributed by atoms with Crippen molar-refractivity contribution in [2.45, 2.75) is 38.6 Å². The van der Waals surface area contributed by atoms with Crippen LogP contribution in [0.1, 0.15) is 43.0 Å². The number of rotatable bonds is 4. The van der Waals surface area contributed by atoms with Gasteiger partial charge in [0.15, 0.2) is 0 Å². The van der Waals surface area contributed by atoms with Crippen LogP contribution in [0.15, 0.2) is 18.2 Å². The molecule has 0 bridgehead atoms. The highest BCUT2D eigenvalue weighted by Crippen LogP contribution is 2.30. The molecule has 1 aromatic rings. The third kappa shape index (κ3) is 4.84. The van der Waals surface area contributed by atoms with Crippen molar-refractivity contribution in [3.63, 3.8) is 0 Å². The predicted molar refractivity (Wildman–Crippen MR) is 117 cm³/mol.